The van der Waals surface area contributed by atoms with Crippen molar-refractivity contribution in [3.63, 3.8) is 0 Å². The number of anilines is 4. The minimum absolute atomic E-state index is 0.465. The third kappa shape index (κ3) is 5.01. The SMILES string of the molecule is C=Cc1cnc(Nc2ccc3c(c2)CCN(C)CC3)nc1Nc1ccc2nccnc2c1P(C)(C)=O. The van der Waals surface area contributed by atoms with Crippen LogP contribution in [-0.4, -0.2) is 58.3 Å². The molecule has 3 heterocycles. The zero-order valence-electron chi connectivity index (χ0n) is 20.8. The maximum atomic E-state index is 13.3. The fourth-order valence-corrected chi connectivity index (χ4v) is 5.93. The zero-order valence-corrected chi connectivity index (χ0v) is 21.7. The largest absolute Gasteiger partial charge is 0.339 e. The second kappa shape index (κ2) is 9.80. The number of rotatable bonds is 6. The average molecular weight is 500 g/mol. The Hall–Kier alpha value is -3.61. The van der Waals surface area contributed by atoms with Crippen LogP contribution >= 0.6 is 7.14 Å². The van der Waals surface area contributed by atoms with E-state index in [1.54, 1.807) is 38.0 Å². The summed E-state index contributed by atoms with van der Waals surface area (Å²) in [5.74, 6) is 1.03. The van der Waals surface area contributed by atoms with Gasteiger partial charge < -0.3 is 20.1 Å². The smallest absolute Gasteiger partial charge is 0.229 e. The predicted molar refractivity (Wildman–Crippen MR) is 149 cm³/mol. The summed E-state index contributed by atoms with van der Waals surface area (Å²) in [6.45, 7) is 9.50. The Labute approximate surface area is 211 Å². The highest BCUT2D eigenvalue weighted by molar-refractivity contribution is 7.71. The van der Waals surface area contributed by atoms with Gasteiger partial charge in [-0.05, 0) is 68.6 Å². The van der Waals surface area contributed by atoms with E-state index in [-0.39, 0.29) is 0 Å². The third-order valence-corrected chi connectivity index (χ3v) is 7.96. The van der Waals surface area contributed by atoms with E-state index in [0.29, 0.717) is 33.8 Å². The maximum absolute atomic E-state index is 13.3. The molecule has 2 aromatic heterocycles. The summed E-state index contributed by atoms with van der Waals surface area (Å²) in [6, 6.07) is 10.2. The molecule has 0 atom stereocenters. The van der Waals surface area contributed by atoms with Gasteiger partial charge in [0.2, 0.25) is 5.95 Å². The molecule has 2 N–H and O–H groups in total. The molecule has 0 saturated carbocycles. The minimum Gasteiger partial charge on any atom is -0.339 e. The first kappa shape index (κ1) is 24.1. The molecule has 0 aliphatic carbocycles. The van der Waals surface area contributed by atoms with E-state index in [1.807, 2.05) is 12.1 Å². The number of nitrogens with one attached hydrogen (secondary N) is 2. The van der Waals surface area contributed by atoms with Gasteiger partial charge >= 0.3 is 0 Å². The van der Waals surface area contributed by atoms with E-state index in [4.69, 9.17) is 4.98 Å². The van der Waals surface area contributed by atoms with Gasteiger partial charge in [0.15, 0.2) is 0 Å². The molecular weight excluding hydrogens is 469 g/mol. The van der Waals surface area contributed by atoms with Gasteiger partial charge in [-0.1, -0.05) is 18.7 Å². The Kier molecular flexibility index (Phi) is 6.56. The van der Waals surface area contributed by atoms with Gasteiger partial charge in [-0.3, -0.25) is 9.97 Å². The Bertz CT molecular complexity index is 1500. The van der Waals surface area contributed by atoms with Crippen LogP contribution in [0.25, 0.3) is 17.1 Å². The lowest BCUT2D eigenvalue weighted by molar-refractivity contribution is 0.352. The third-order valence-electron chi connectivity index (χ3n) is 6.43. The molecule has 0 amide bonds. The summed E-state index contributed by atoms with van der Waals surface area (Å²) in [5, 5.41) is 7.37. The number of aromatic nitrogens is 4. The van der Waals surface area contributed by atoms with Crippen molar-refractivity contribution in [3.05, 3.63) is 72.2 Å². The summed E-state index contributed by atoms with van der Waals surface area (Å²) in [7, 11) is -0.536. The molecular formula is C27H30N7OP. The van der Waals surface area contributed by atoms with Gasteiger partial charge in [0, 0.05) is 42.9 Å². The highest BCUT2D eigenvalue weighted by Crippen LogP contribution is 2.41. The summed E-state index contributed by atoms with van der Waals surface area (Å²) < 4.78 is 13.3. The van der Waals surface area contributed by atoms with Crippen molar-refractivity contribution < 1.29 is 4.57 Å². The Morgan fingerprint density at radius 3 is 2.56 bits per heavy atom. The summed E-state index contributed by atoms with van der Waals surface area (Å²) in [6.07, 6.45) is 8.75. The second-order valence-electron chi connectivity index (χ2n) is 9.48. The average Bonchev–Trinajstić information content (AvgIpc) is 3.04. The predicted octanol–water partition coefficient (Wildman–Crippen LogP) is 4.83. The first-order valence-corrected chi connectivity index (χ1v) is 14.5. The topological polar surface area (TPSA) is 95.9 Å². The molecule has 0 spiro atoms. The minimum atomic E-state index is -2.70. The van der Waals surface area contributed by atoms with E-state index >= 15 is 0 Å². The number of likely N-dealkylation sites (N-methyl/N-ethyl adjacent to an activating group) is 1. The fourth-order valence-electron chi connectivity index (χ4n) is 4.54. The van der Waals surface area contributed by atoms with Gasteiger partial charge in [-0.15, -0.1) is 0 Å². The molecule has 2 aromatic carbocycles. The Balaban J connectivity index is 1.48. The van der Waals surface area contributed by atoms with Crippen LogP contribution in [-0.2, 0) is 17.4 Å². The molecule has 5 rings (SSSR count). The van der Waals surface area contributed by atoms with Crippen LogP contribution in [0.15, 0.2) is 55.5 Å². The normalized spacial score (nSPS) is 14.2. The van der Waals surface area contributed by atoms with Gasteiger partial charge in [-0.2, -0.15) is 4.98 Å². The monoisotopic (exact) mass is 499 g/mol. The molecule has 0 saturated heterocycles. The number of hydrogen-bond donors (Lipinski definition) is 2. The van der Waals surface area contributed by atoms with Crippen molar-refractivity contribution in [2.45, 2.75) is 12.8 Å². The molecule has 4 aromatic rings. The van der Waals surface area contributed by atoms with Crippen LogP contribution in [0.2, 0.25) is 0 Å². The van der Waals surface area contributed by atoms with Crippen LogP contribution in [0.5, 0.6) is 0 Å². The lowest BCUT2D eigenvalue weighted by Gasteiger charge is -2.18. The van der Waals surface area contributed by atoms with E-state index in [2.05, 4.69) is 62.3 Å². The van der Waals surface area contributed by atoms with Crippen molar-refractivity contribution in [1.82, 2.24) is 24.8 Å². The van der Waals surface area contributed by atoms with Crippen LogP contribution < -0.4 is 15.9 Å². The molecule has 0 radical (unpaired) electrons. The summed E-state index contributed by atoms with van der Waals surface area (Å²) in [5.41, 5.74) is 6.43. The van der Waals surface area contributed by atoms with Gasteiger partial charge in [0.1, 0.15) is 18.5 Å². The molecule has 9 heteroatoms. The quantitative estimate of drug-likeness (QED) is 0.364. The van der Waals surface area contributed by atoms with Gasteiger partial charge in [0.05, 0.1) is 16.5 Å². The highest BCUT2D eigenvalue weighted by atomic mass is 31.2. The number of nitrogens with zero attached hydrogens (tertiary/aromatic N) is 5. The number of hydrogen-bond acceptors (Lipinski definition) is 8. The molecule has 0 bridgehead atoms. The summed E-state index contributed by atoms with van der Waals surface area (Å²) >= 11 is 0. The maximum Gasteiger partial charge on any atom is 0.229 e. The van der Waals surface area contributed by atoms with Gasteiger partial charge in [0.25, 0.3) is 0 Å². The zero-order chi connectivity index (χ0) is 25.3. The van der Waals surface area contributed by atoms with Crippen molar-refractivity contribution in [2.24, 2.45) is 0 Å². The van der Waals surface area contributed by atoms with Crippen LogP contribution in [0, 0.1) is 0 Å². The summed E-state index contributed by atoms with van der Waals surface area (Å²) in [4.78, 5) is 20.4. The lowest BCUT2D eigenvalue weighted by atomic mass is 10.0. The van der Waals surface area contributed by atoms with E-state index in [1.165, 1.54) is 11.1 Å². The first-order valence-electron chi connectivity index (χ1n) is 11.9. The highest BCUT2D eigenvalue weighted by Gasteiger charge is 2.22. The van der Waals surface area contributed by atoms with Crippen molar-refractivity contribution in [3.8, 4) is 0 Å². The molecule has 0 fully saturated rings. The fraction of sp³-hybridized carbons (Fsp3) is 0.259. The first-order chi connectivity index (χ1) is 17.3. The molecule has 36 heavy (non-hydrogen) atoms. The second-order valence-corrected chi connectivity index (χ2v) is 12.6. The standard InChI is InChI=1S/C27H30N7OP/c1-5-18-17-30-27(31-21-7-6-19-10-14-34(2)15-11-20(19)16-21)33-26(18)32-23-9-8-22-24(29-13-12-28-22)25(23)36(3,4)35/h5-9,12-13,16-17H,1,10-11,14-15H2,2-4H3,(H2,30,31,32,33). The number of fused-ring (bicyclic) bond motifs is 2. The van der Waals surface area contributed by atoms with Crippen LogP contribution in [0.4, 0.5) is 23.1 Å². The van der Waals surface area contributed by atoms with Gasteiger partial charge in [-0.25, -0.2) is 4.98 Å². The van der Waals surface area contributed by atoms with Crippen LogP contribution in [0.1, 0.15) is 16.7 Å². The Morgan fingerprint density at radius 1 is 1.00 bits per heavy atom. The van der Waals surface area contributed by atoms with Crippen molar-refractivity contribution in [2.75, 3.05) is 44.1 Å². The molecule has 8 nitrogen and oxygen atoms in total. The lowest BCUT2D eigenvalue weighted by Crippen LogP contribution is -2.20. The number of benzene rings is 2. The van der Waals surface area contributed by atoms with E-state index in [0.717, 1.165) is 37.2 Å². The van der Waals surface area contributed by atoms with Crippen molar-refractivity contribution >= 4 is 52.7 Å². The molecule has 184 valence electrons. The molecule has 1 aliphatic heterocycles. The molecule has 0 unspecified atom stereocenters. The molecule has 1 aliphatic rings. The van der Waals surface area contributed by atoms with Crippen LogP contribution in [0.3, 0.4) is 0 Å². The van der Waals surface area contributed by atoms with E-state index in [9.17, 15) is 4.57 Å². The van der Waals surface area contributed by atoms with Crippen molar-refractivity contribution in [1.29, 1.82) is 0 Å². The van der Waals surface area contributed by atoms with E-state index < -0.39 is 7.14 Å². The Morgan fingerprint density at radius 2 is 1.78 bits per heavy atom.